The van der Waals surface area contributed by atoms with E-state index >= 15 is 0 Å². The van der Waals surface area contributed by atoms with Crippen LogP contribution in [0.25, 0.3) is 16.7 Å². The number of carboxylic acids is 1. The van der Waals surface area contributed by atoms with Crippen LogP contribution in [-0.4, -0.2) is 45.7 Å². The van der Waals surface area contributed by atoms with Gasteiger partial charge in [-0.3, -0.25) is 14.0 Å². The second kappa shape index (κ2) is 11.4. The summed E-state index contributed by atoms with van der Waals surface area (Å²) in [6, 6.07) is 11.8. The van der Waals surface area contributed by atoms with Crippen molar-refractivity contribution in [2.24, 2.45) is 0 Å². The predicted molar refractivity (Wildman–Crippen MR) is 140 cm³/mol. The van der Waals surface area contributed by atoms with E-state index in [4.69, 9.17) is 9.47 Å². The molecule has 4 rings (SSSR count). The average molecular weight is 505 g/mol. The largest absolute Gasteiger partial charge is 0.497 e. The van der Waals surface area contributed by atoms with Crippen molar-refractivity contribution in [2.75, 3.05) is 13.7 Å². The Morgan fingerprint density at radius 1 is 1.00 bits per heavy atom. The molecule has 194 valence electrons. The molecule has 37 heavy (non-hydrogen) atoms. The highest BCUT2D eigenvalue weighted by Gasteiger charge is 2.24. The van der Waals surface area contributed by atoms with E-state index in [2.05, 4.69) is 10.3 Å². The number of hydrogen-bond acceptors (Lipinski definition) is 5. The van der Waals surface area contributed by atoms with Crippen LogP contribution in [-0.2, 0) is 38.5 Å². The van der Waals surface area contributed by atoms with Crippen molar-refractivity contribution in [2.45, 2.75) is 58.9 Å². The Bertz CT molecular complexity index is 1510. The number of pyridine rings is 1. The molecule has 0 bridgehead atoms. The zero-order valence-electron chi connectivity index (χ0n) is 21.5. The Morgan fingerprint density at radius 2 is 1.70 bits per heavy atom. The van der Waals surface area contributed by atoms with Crippen LogP contribution in [0.4, 0.5) is 0 Å². The second-order valence-electron chi connectivity index (χ2n) is 9.16. The van der Waals surface area contributed by atoms with Crippen molar-refractivity contribution in [3.63, 3.8) is 0 Å². The van der Waals surface area contributed by atoms with E-state index in [1.165, 1.54) is 0 Å². The number of carbonyl (C=O) groups excluding carboxylic acids is 2. The molecule has 0 aliphatic heterocycles. The molecule has 8 nitrogen and oxygen atoms in total. The number of aliphatic carboxylic acids is 1. The lowest BCUT2D eigenvalue weighted by Crippen LogP contribution is -2.20. The molecule has 1 N–H and O–H groups in total. The highest BCUT2D eigenvalue weighted by molar-refractivity contribution is 5.84. The summed E-state index contributed by atoms with van der Waals surface area (Å²) in [5, 5.41) is 9.64. The molecule has 1 aromatic carbocycles. The van der Waals surface area contributed by atoms with Crippen molar-refractivity contribution in [1.82, 2.24) is 8.97 Å². The zero-order valence-corrected chi connectivity index (χ0v) is 21.5. The van der Waals surface area contributed by atoms with E-state index in [1.54, 1.807) is 14.0 Å². The molecule has 0 saturated carbocycles. The van der Waals surface area contributed by atoms with E-state index < -0.39 is 5.97 Å². The molecule has 3 aromatic heterocycles. The molecule has 0 radical (unpaired) electrons. The lowest BCUT2D eigenvalue weighted by atomic mass is 9.99. The van der Waals surface area contributed by atoms with E-state index in [0.29, 0.717) is 44.2 Å². The van der Waals surface area contributed by atoms with E-state index in [-0.39, 0.29) is 18.8 Å². The maximum Gasteiger partial charge on any atom is 0.305 e. The van der Waals surface area contributed by atoms with Crippen molar-refractivity contribution in [1.29, 1.82) is 0 Å². The third-order valence-electron chi connectivity index (χ3n) is 6.76. The van der Waals surface area contributed by atoms with Crippen molar-refractivity contribution >= 4 is 34.6 Å². The first-order chi connectivity index (χ1) is 17.9. The molecule has 8 heteroatoms. The van der Waals surface area contributed by atoms with Crippen LogP contribution in [0.5, 0.6) is 5.75 Å². The molecule has 4 aromatic rings. The molecular weight excluding hydrogens is 472 g/mol. The number of rotatable bonds is 12. The Hall–Kier alpha value is -4.03. The number of hydrogen-bond donors (Lipinski definition) is 1. The first-order valence-corrected chi connectivity index (χ1v) is 12.6. The average Bonchev–Trinajstić information content (AvgIpc) is 3.36. The molecule has 0 fully saturated rings. The Balaban J connectivity index is 1.86. The van der Waals surface area contributed by atoms with E-state index in [0.717, 1.165) is 44.7 Å². The molecule has 0 unspecified atom stereocenters. The van der Waals surface area contributed by atoms with Gasteiger partial charge in [-0.15, -0.1) is 0 Å². The van der Waals surface area contributed by atoms with Crippen molar-refractivity contribution < 1.29 is 29.0 Å². The van der Waals surface area contributed by atoms with Crippen LogP contribution < -0.4 is 10.1 Å². The predicted octanol–water partition coefficient (Wildman–Crippen LogP) is 3.77. The number of carbonyl (C=O) groups is 2. The van der Waals surface area contributed by atoms with Crippen LogP contribution in [0.2, 0.25) is 0 Å². The van der Waals surface area contributed by atoms with Gasteiger partial charge in [0.25, 0.3) is 0 Å². The van der Waals surface area contributed by atoms with E-state index in [1.807, 2.05) is 47.9 Å². The first kappa shape index (κ1) is 26.0. The van der Waals surface area contributed by atoms with Crippen LogP contribution in [0, 0.1) is 6.92 Å². The van der Waals surface area contributed by atoms with Gasteiger partial charge in [-0.2, -0.15) is 0 Å². The number of esters is 1. The summed E-state index contributed by atoms with van der Waals surface area (Å²) in [5.74, 6) is 1.87. The minimum atomic E-state index is -0.838. The highest BCUT2D eigenvalue weighted by Crippen LogP contribution is 2.31. The summed E-state index contributed by atoms with van der Waals surface area (Å²) in [4.78, 5) is 35.7. The fraction of sp³-hybridized carbons (Fsp3) is 0.379. The van der Waals surface area contributed by atoms with Gasteiger partial charge in [0, 0.05) is 12.8 Å². The zero-order chi connectivity index (χ0) is 26.5. The molecule has 0 atom stereocenters. The number of carboxylic acid groups (broad SMARTS) is 1. The second-order valence-corrected chi connectivity index (χ2v) is 9.16. The standard InChI is InChI=1S/C29H32N2O6/c1-4-37-27(35)10-6-8-23-22(7-5-9-26(33)34)24-16-11-19(2)29-30(25(18-32)28(23)31(24)29)17-20-12-14-21(36-3)15-13-20/h11-16H,4-10,17H2,1-3H3,(H,33,34). The quantitative estimate of drug-likeness (QED) is 0.295. The van der Waals surface area contributed by atoms with Gasteiger partial charge < -0.3 is 19.1 Å². The number of imidazole rings is 1. The minimum Gasteiger partial charge on any atom is -0.497 e. The number of methoxy groups -OCH3 is 1. The molecule has 0 aliphatic carbocycles. The Labute approximate surface area is 215 Å². The molecule has 0 amide bonds. The fourth-order valence-corrected chi connectivity index (χ4v) is 5.13. The van der Waals surface area contributed by atoms with Gasteiger partial charge in [0.1, 0.15) is 11.4 Å². The SMILES string of the molecule is CCOC(=O)CCCc1c(CCCC(=O)O)c2ccc(C)c3n(Cc4ccc(OC)cc4)c(=C=O)c1n23. The van der Waals surface area contributed by atoms with Crippen LogP contribution in [0.15, 0.2) is 36.4 Å². The maximum atomic E-state index is 12.5. The van der Waals surface area contributed by atoms with Gasteiger partial charge in [0.05, 0.1) is 31.3 Å². The van der Waals surface area contributed by atoms with Crippen LogP contribution in [0.1, 0.15) is 54.9 Å². The smallest absolute Gasteiger partial charge is 0.305 e. The van der Waals surface area contributed by atoms with Gasteiger partial charge in [0.2, 0.25) is 0 Å². The van der Waals surface area contributed by atoms with Gasteiger partial charge in [-0.25, -0.2) is 4.79 Å². The lowest BCUT2D eigenvalue weighted by molar-refractivity contribution is -0.143. The number of aryl methyl sites for hydroxylation is 3. The summed E-state index contributed by atoms with van der Waals surface area (Å²) < 4.78 is 14.5. The molecular formula is C29H32N2O6. The first-order valence-electron chi connectivity index (χ1n) is 12.6. The summed E-state index contributed by atoms with van der Waals surface area (Å²) in [5.41, 5.74) is 6.66. The summed E-state index contributed by atoms with van der Waals surface area (Å²) in [6.45, 7) is 4.61. The Morgan fingerprint density at radius 3 is 2.35 bits per heavy atom. The van der Waals surface area contributed by atoms with Crippen LogP contribution >= 0.6 is 0 Å². The molecule has 0 aliphatic rings. The Kier molecular flexibility index (Phi) is 7.99. The normalized spacial score (nSPS) is 11.2. The van der Waals surface area contributed by atoms with E-state index in [9.17, 15) is 19.5 Å². The fourth-order valence-electron chi connectivity index (χ4n) is 5.13. The van der Waals surface area contributed by atoms with Gasteiger partial charge >= 0.3 is 11.9 Å². The number of nitrogens with zero attached hydrogens (tertiary/aromatic N) is 2. The molecule has 3 heterocycles. The third kappa shape index (κ3) is 5.25. The number of benzene rings is 1. The van der Waals surface area contributed by atoms with Gasteiger partial charge in [-0.05, 0) is 80.0 Å². The van der Waals surface area contributed by atoms with Crippen molar-refractivity contribution in [3.8, 4) is 5.75 Å². The summed E-state index contributed by atoms with van der Waals surface area (Å²) in [7, 11) is 1.62. The monoisotopic (exact) mass is 504 g/mol. The van der Waals surface area contributed by atoms with Gasteiger partial charge in [0.15, 0.2) is 11.3 Å². The van der Waals surface area contributed by atoms with Crippen molar-refractivity contribution in [3.05, 3.63) is 64.0 Å². The topological polar surface area (TPSA) is 99.2 Å². The number of aromatic nitrogens is 2. The summed E-state index contributed by atoms with van der Waals surface area (Å²) in [6.07, 6.45) is 2.52. The molecule has 0 spiro atoms. The maximum absolute atomic E-state index is 12.5. The van der Waals surface area contributed by atoms with Crippen LogP contribution in [0.3, 0.4) is 0 Å². The third-order valence-corrected chi connectivity index (χ3v) is 6.76. The highest BCUT2D eigenvalue weighted by atomic mass is 16.5. The number of ether oxygens (including phenoxy) is 2. The summed E-state index contributed by atoms with van der Waals surface area (Å²) >= 11 is 0. The van der Waals surface area contributed by atoms with Gasteiger partial charge in [-0.1, -0.05) is 18.2 Å². The minimum absolute atomic E-state index is 0.0631. The molecule has 0 saturated heterocycles. The lowest BCUT2D eigenvalue weighted by Gasteiger charge is -2.11.